The second kappa shape index (κ2) is 18.3. The predicted molar refractivity (Wildman–Crippen MR) is 220 cm³/mol. The minimum Gasteiger partial charge on any atom is -0.507 e. The third kappa shape index (κ3) is 8.85. The molecule has 1 unspecified atom stereocenters. The Hall–Kier alpha value is -4.25. The monoisotopic (exact) mass is 829 g/mol. The number of rotatable bonds is 4. The summed E-state index contributed by atoms with van der Waals surface area (Å²) in [5.74, 6) is -6.52. The van der Waals surface area contributed by atoms with E-state index in [1.54, 1.807) is 44.5 Å². The number of fused-ring (bicyclic) bond motifs is 16. The zero-order valence-electron chi connectivity index (χ0n) is 34.8. The molecule has 320 valence electrons. The Morgan fingerprint density at radius 2 is 1.66 bits per heavy atom. The summed E-state index contributed by atoms with van der Waals surface area (Å²) in [7, 11) is 1.45. The summed E-state index contributed by atoms with van der Waals surface area (Å²) in [6.45, 7) is 14.2. The summed E-state index contributed by atoms with van der Waals surface area (Å²) >= 11 is 1.78. The molecule has 2 aromatic rings. The third-order valence-electron chi connectivity index (χ3n) is 12.1. The number of methoxy groups -OCH3 is 1. The van der Waals surface area contributed by atoms with Crippen molar-refractivity contribution in [3.05, 3.63) is 29.0 Å². The lowest BCUT2D eigenvalue weighted by atomic mass is 9.77. The van der Waals surface area contributed by atoms with E-state index < -0.39 is 88.8 Å². The van der Waals surface area contributed by atoms with Crippen LogP contribution in [0.3, 0.4) is 0 Å². The maximum absolute atomic E-state index is 14.4. The van der Waals surface area contributed by atoms with Crippen LogP contribution < -0.4 is 10.1 Å². The van der Waals surface area contributed by atoms with Gasteiger partial charge in [0.15, 0.2) is 5.75 Å². The number of Topliss-reactive ketones (excluding diaryl/α,β-unsaturated/α-hetero) is 1. The fraction of sp³-hybridized carbons (Fsp3) is 0.619. The molecule has 1 amide bonds. The average Bonchev–Trinajstić information content (AvgIpc) is 3.46. The summed E-state index contributed by atoms with van der Waals surface area (Å²) in [5.41, 5.74) is -0.347. The molecular formula is C42H59N3O12S. The number of carbonyl (C=O) groups excluding carboxylic acids is 3. The van der Waals surface area contributed by atoms with Crippen molar-refractivity contribution in [1.82, 2.24) is 5.01 Å². The molecule has 10 atom stereocenters. The highest BCUT2D eigenvalue weighted by molar-refractivity contribution is 7.99. The Labute approximate surface area is 343 Å². The molecule has 1 saturated heterocycles. The number of phenols is 3. The predicted octanol–water partition coefficient (Wildman–Crippen LogP) is 5.44. The van der Waals surface area contributed by atoms with E-state index in [1.807, 2.05) is 6.92 Å². The fourth-order valence-corrected chi connectivity index (χ4v) is 9.12. The maximum atomic E-state index is 14.4. The van der Waals surface area contributed by atoms with Crippen molar-refractivity contribution in [3.8, 4) is 23.0 Å². The Balaban J connectivity index is 1.66. The first-order valence-electron chi connectivity index (χ1n) is 19.9. The average molecular weight is 830 g/mol. The van der Waals surface area contributed by atoms with Gasteiger partial charge in [0.1, 0.15) is 23.4 Å². The number of hydrazone groups is 1. The molecule has 16 heteroatoms. The Bertz CT molecular complexity index is 1930. The molecule has 15 nitrogen and oxygen atoms in total. The van der Waals surface area contributed by atoms with E-state index in [0.717, 1.165) is 11.5 Å². The van der Waals surface area contributed by atoms with Gasteiger partial charge in [0.2, 0.25) is 5.91 Å². The molecule has 0 radical (unpaired) electrons. The zero-order valence-corrected chi connectivity index (χ0v) is 35.6. The molecule has 0 aliphatic carbocycles. The van der Waals surface area contributed by atoms with Crippen LogP contribution in [0.15, 0.2) is 17.4 Å². The van der Waals surface area contributed by atoms with Gasteiger partial charge in [0, 0.05) is 80.2 Å². The van der Waals surface area contributed by atoms with E-state index in [9.17, 15) is 39.9 Å². The molecule has 0 saturated carbocycles. The smallest absolute Gasteiger partial charge is 0.312 e. The minimum atomic E-state index is -2.02. The number of nitrogens with one attached hydrogen (secondary N) is 1. The van der Waals surface area contributed by atoms with Crippen molar-refractivity contribution in [3.63, 3.8) is 0 Å². The van der Waals surface area contributed by atoms with Crippen LogP contribution in [0.2, 0.25) is 0 Å². The number of hydrogen-bond acceptors (Lipinski definition) is 15. The molecule has 2 aromatic carbocycles. The molecule has 5 bridgehead atoms. The first-order chi connectivity index (χ1) is 27.3. The largest absolute Gasteiger partial charge is 0.507 e. The van der Waals surface area contributed by atoms with Crippen LogP contribution in [0.25, 0.3) is 10.8 Å². The lowest BCUT2D eigenvalue weighted by Gasteiger charge is -2.38. The number of aliphatic hydroxyl groups is 2. The molecule has 0 spiro atoms. The van der Waals surface area contributed by atoms with Crippen LogP contribution in [-0.4, -0.2) is 116 Å². The van der Waals surface area contributed by atoms with Crippen molar-refractivity contribution in [2.24, 2.45) is 34.7 Å². The number of thioether (sulfide) groups is 1. The van der Waals surface area contributed by atoms with E-state index in [-0.39, 0.29) is 44.8 Å². The molecule has 4 aliphatic heterocycles. The van der Waals surface area contributed by atoms with Crippen LogP contribution in [0, 0.1) is 36.5 Å². The first-order valence-corrected chi connectivity index (χ1v) is 21.1. The maximum Gasteiger partial charge on any atom is 0.312 e. The molecule has 4 heterocycles. The number of ketones is 1. The summed E-state index contributed by atoms with van der Waals surface area (Å²) in [4.78, 5) is 40.6. The van der Waals surface area contributed by atoms with Gasteiger partial charge in [0.05, 0.1) is 53.0 Å². The number of carbonyl (C=O) groups is 3. The molecule has 6 N–H and O–H groups in total. The number of amides is 1. The van der Waals surface area contributed by atoms with Gasteiger partial charge in [-0.15, -0.1) is 0 Å². The highest BCUT2D eigenvalue weighted by Gasteiger charge is 2.50. The van der Waals surface area contributed by atoms with E-state index in [4.69, 9.17) is 18.9 Å². The SMILES string of the molecule is CO[C@H]1/C=C/O[C@@]2(C)Oc3c(C)c(O)c4c(O)c(c(/C=N/N5CCSCC5)c(O)c4c3C2=O)NC(=O)C(C)CCC[C@@H](C)[C@@H](O)[C@@H](C)[C@H](O)[C@H](C)[C@H](OC(C)=O)[C@@H]1C. The molecule has 1 fully saturated rings. The molecule has 4 aliphatic rings. The molecule has 58 heavy (non-hydrogen) atoms. The van der Waals surface area contributed by atoms with Gasteiger partial charge in [-0.25, -0.2) is 0 Å². The van der Waals surface area contributed by atoms with Crippen molar-refractivity contribution in [2.75, 3.05) is 37.0 Å². The first kappa shape index (κ1) is 44.8. The standard InChI is InChI=1S/C42H59N3O12S/c1-20-11-10-12-21(2)41(53)44-32-27(19-43-45-14-17-58-18-15-45)36(50)29-30(37(32)51)35(49)25(6)39-31(29)40(52)42(8,57-39)55-16-13-28(54-9)22(3)38(56-26(7)46)24(5)34(48)23(4)33(20)47/h13,16,19-24,28,33-34,38,47-51H,10-12,14-15,17-18H2,1-9H3,(H,44,53)/b16-13+,43-19+/t20-,21?,22-,23-,24+,28+,33-,34+,38-,42+/m1/s1. The van der Waals surface area contributed by atoms with Crippen LogP contribution in [0.1, 0.15) is 89.2 Å². The van der Waals surface area contributed by atoms with Gasteiger partial charge in [-0.1, -0.05) is 41.0 Å². The number of nitrogens with zero attached hydrogens (tertiary/aromatic N) is 2. The third-order valence-corrected chi connectivity index (χ3v) is 13.0. The zero-order chi connectivity index (χ0) is 42.8. The summed E-state index contributed by atoms with van der Waals surface area (Å²) in [6, 6.07) is 0. The van der Waals surface area contributed by atoms with E-state index in [1.165, 1.54) is 46.4 Å². The van der Waals surface area contributed by atoms with Crippen molar-refractivity contribution >= 4 is 52.1 Å². The Morgan fingerprint density at radius 3 is 2.29 bits per heavy atom. The van der Waals surface area contributed by atoms with E-state index >= 15 is 0 Å². The normalized spacial score (nSPS) is 32.3. The lowest BCUT2D eigenvalue weighted by molar-refractivity contribution is -0.160. The minimum absolute atomic E-state index is 0.0765. The Morgan fingerprint density at radius 1 is 0.983 bits per heavy atom. The number of hydrogen-bond donors (Lipinski definition) is 6. The van der Waals surface area contributed by atoms with Crippen LogP contribution >= 0.6 is 11.8 Å². The number of esters is 1. The molecular weight excluding hydrogens is 771 g/mol. The van der Waals surface area contributed by atoms with Crippen molar-refractivity contribution in [2.45, 2.75) is 105 Å². The van der Waals surface area contributed by atoms with Gasteiger partial charge in [-0.2, -0.15) is 16.9 Å². The van der Waals surface area contributed by atoms with Crippen LogP contribution in [-0.2, 0) is 23.8 Å². The molecule has 0 aromatic heterocycles. The van der Waals surface area contributed by atoms with Gasteiger partial charge in [0.25, 0.3) is 5.78 Å². The van der Waals surface area contributed by atoms with Crippen LogP contribution in [0.5, 0.6) is 23.0 Å². The van der Waals surface area contributed by atoms with Gasteiger partial charge >= 0.3 is 11.8 Å². The van der Waals surface area contributed by atoms with Gasteiger partial charge in [-0.3, -0.25) is 19.4 Å². The van der Waals surface area contributed by atoms with E-state index in [2.05, 4.69) is 10.4 Å². The lowest BCUT2D eigenvalue weighted by Crippen LogP contribution is -2.46. The Kier molecular flexibility index (Phi) is 14.2. The summed E-state index contributed by atoms with van der Waals surface area (Å²) < 4.78 is 23.6. The van der Waals surface area contributed by atoms with E-state index in [0.29, 0.717) is 32.4 Å². The summed E-state index contributed by atoms with van der Waals surface area (Å²) in [5, 5.41) is 67.1. The number of aliphatic hydroxyl groups excluding tert-OH is 2. The van der Waals surface area contributed by atoms with Gasteiger partial charge < -0.3 is 49.8 Å². The number of anilines is 1. The topological polar surface area (TPSA) is 217 Å². The number of phenolic OH excluding ortho intramolecular Hbond substituents is 3. The second-order valence-electron chi connectivity index (χ2n) is 16.2. The number of ether oxygens (including phenoxy) is 4. The van der Waals surface area contributed by atoms with Crippen molar-refractivity contribution in [1.29, 1.82) is 0 Å². The summed E-state index contributed by atoms with van der Waals surface area (Å²) in [6.07, 6.45) is 1.84. The number of benzene rings is 2. The van der Waals surface area contributed by atoms with Gasteiger partial charge in [-0.05, 0) is 31.8 Å². The quantitative estimate of drug-likeness (QED) is 0.0980. The highest BCUT2D eigenvalue weighted by atomic mass is 32.2. The fourth-order valence-electron chi connectivity index (χ4n) is 8.24. The highest BCUT2D eigenvalue weighted by Crippen LogP contribution is 2.55. The second-order valence-corrected chi connectivity index (χ2v) is 17.4. The molecule has 6 rings (SSSR count). The number of aromatic hydroxyl groups is 3. The van der Waals surface area contributed by atoms with Crippen molar-refractivity contribution < 1.29 is 58.9 Å². The van der Waals surface area contributed by atoms with Crippen LogP contribution in [0.4, 0.5) is 5.69 Å².